The number of fused-ring (bicyclic) bond motifs is 3. The molecule has 4 amide bonds. The lowest BCUT2D eigenvalue weighted by molar-refractivity contribution is -0.166. The molecule has 7 heteroatoms. The van der Waals surface area contributed by atoms with E-state index in [1.165, 1.54) is 11.9 Å². The van der Waals surface area contributed by atoms with Gasteiger partial charge in [0, 0.05) is 13.6 Å². The van der Waals surface area contributed by atoms with Crippen LogP contribution in [0.1, 0.15) is 18.1 Å². The van der Waals surface area contributed by atoms with Crippen LogP contribution in [0, 0.1) is 11.8 Å². The normalized spacial score (nSPS) is 28.8. The highest BCUT2D eigenvalue weighted by Crippen LogP contribution is 2.51. The second-order valence-corrected chi connectivity index (χ2v) is 9.37. The fourth-order valence-electron chi connectivity index (χ4n) is 5.75. The first-order valence-electron chi connectivity index (χ1n) is 11.5. The molecular formula is C27H27N3O4. The molecule has 3 heterocycles. The van der Waals surface area contributed by atoms with Crippen LogP contribution in [0.4, 0.5) is 0 Å². The van der Waals surface area contributed by atoms with Crippen LogP contribution in [0.15, 0.2) is 66.7 Å². The maximum atomic E-state index is 13.8. The Morgan fingerprint density at radius 1 is 0.941 bits per heavy atom. The summed E-state index contributed by atoms with van der Waals surface area (Å²) in [6, 6.07) is 18.7. The third-order valence-corrected chi connectivity index (χ3v) is 7.46. The highest BCUT2D eigenvalue weighted by Gasteiger charge is 2.71. The van der Waals surface area contributed by atoms with Crippen molar-refractivity contribution in [2.45, 2.75) is 24.9 Å². The number of hydrogen-bond acceptors (Lipinski definition) is 4. The molecule has 174 valence electrons. The molecular weight excluding hydrogens is 430 g/mol. The molecule has 2 aromatic rings. The van der Waals surface area contributed by atoms with Gasteiger partial charge < -0.3 is 9.80 Å². The molecule has 5 rings (SSSR count). The monoisotopic (exact) mass is 457 g/mol. The number of imide groups is 1. The quantitative estimate of drug-likeness (QED) is 0.644. The number of benzene rings is 2. The van der Waals surface area contributed by atoms with Gasteiger partial charge in [0.2, 0.25) is 23.6 Å². The Morgan fingerprint density at radius 3 is 2.26 bits per heavy atom. The molecule has 34 heavy (non-hydrogen) atoms. The van der Waals surface area contributed by atoms with Crippen LogP contribution < -0.4 is 0 Å². The minimum atomic E-state index is -1.40. The number of hydrogen-bond donors (Lipinski definition) is 0. The molecule has 4 atom stereocenters. The lowest BCUT2D eigenvalue weighted by atomic mass is 9.79. The van der Waals surface area contributed by atoms with Gasteiger partial charge in [-0.2, -0.15) is 0 Å². The van der Waals surface area contributed by atoms with E-state index in [-0.39, 0.29) is 24.3 Å². The summed E-state index contributed by atoms with van der Waals surface area (Å²) in [6.07, 6.45) is 4.25. The number of nitrogens with zero attached hydrogens (tertiary/aromatic N) is 3. The fourth-order valence-corrected chi connectivity index (χ4v) is 5.75. The van der Waals surface area contributed by atoms with Crippen molar-refractivity contribution in [3.63, 3.8) is 0 Å². The molecule has 0 unspecified atom stereocenters. The first-order valence-corrected chi connectivity index (χ1v) is 11.5. The Labute approximate surface area is 198 Å². The maximum Gasteiger partial charge on any atom is 0.249 e. The summed E-state index contributed by atoms with van der Waals surface area (Å²) in [5, 5.41) is 0. The second kappa shape index (κ2) is 8.24. The third-order valence-electron chi connectivity index (χ3n) is 7.46. The van der Waals surface area contributed by atoms with Gasteiger partial charge in [0.05, 0.1) is 24.4 Å². The van der Waals surface area contributed by atoms with Crippen LogP contribution in [-0.4, -0.2) is 70.0 Å². The summed E-state index contributed by atoms with van der Waals surface area (Å²) in [5.74, 6) is -2.93. The van der Waals surface area contributed by atoms with Gasteiger partial charge in [-0.05, 0) is 24.5 Å². The molecule has 0 bridgehead atoms. The summed E-state index contributed by atoms with van der Waals surface area (Å²) in [6.45, 7) is 1.97. The highest BCUT2D eigenvalue weighted by atomic mass is 16.2. The summed E-state index contributed by atoms with van der Waals surface area (Å²) in [7, 11) is 1.46. The SMILES string of the molecule is CN1C(=O)[C@H]2[C@@H](/C=C/c3ccccc3)N3C(=O)CN(CCc4ccccc4)C(=O)[C@@]3(C)[C@H]2C1=O. The van der Waals surface area contributed by atoms with Gasteiger partial charge in [-0.25, -0.2) is 0 Å². The first kappa shape index (κ1) is 22.1. The number of amides is 4. The summed E-state index contributed by atoms with van der Waals surface area (Å²) in [4.78, 5) is 57.8. The van der Waals surface area contributed by atoms with Gasteiger partial charge in [0.15, 0.2) is 0 Å². The van der Waals surface area contributed by atoms with Crippen LogP contribution in [0.2, 0.25) is 0 Å². The van der Waals surface area contributed by atoms with Crippen molar-refractivity contribution in [2.75, 3.05) is 20.1 Å². The maximum absolute atomic E-state index is 13.8. The van der Waals surface area contributed by atoms with Gasteiger partial charge in [0.1, 0.15) is 5.54 Å². The van der Waals surface area contributed by atoms with Crippen molar-refractivity contribution in [1.82, 2.24) is 14.7 Å². The zero-order valence-electron chi connectivity index (χ0n) is 19.3. The van der Waals surface area contributed by atoms with Crippen molar-refractivity contribution < 1.29 is 19.2 Å². The molecule has 3 fully saturated rings. The van der Waals surface area contributed by atoms with Gasteiger partial charge >= 0.3 is 0 Å². The van der Waals surface area contributed by atoms with E-state index in [4.69, 9.17) is 0 Å². The molecule has 0 aliphatic carbocycles. The van der Waals surface area contributed by atoms with Gasteiger partial charge in [-0.15, -0.1) is 0 Å². The smallest absolute Gasteiger partial charge is 0.249 e. The Hall–Kier alpha value is -3.74. The number of likely N-dealkylation sites (tertiary alicyclic amines) is 1. The third kappa shape index (κ3) is 3.26. The number of carbonyl (C=O) groups is 4. The van der Waals surface area contributed by atoms with Gasteiger partial charge in [-0.1, -0.05) is 72.8 Å². The van der Waals surface area contributed by atoms with Crippen LogP contribution >= 0.6 is 0 Å². The zero-order valence-corrected chi connectivity index (χ0v) is 19.3. The van der Waals surface area contributed by atoms with E-state index in [0.717, 1.165) is 16.0 Å². The fraction of sp³-hybridized carbons (Fsp3) is 0.333. The van der Waals surface area contributed by atoms with E-state index in [1.807, 2.05) is 66.7 Å². The Morgan fingerprint density at radius 2 is 1.59 bits per heavy atom. The lowest BCUT2D eigenvalue weighted by Crippen LogP contribution is -2.68. The van der Waals surface area contributed by atoms with Crippen molar-refractivity contribution in [3.05, 3.63) is 77.9 Å². The van der Waals surface area contributed by atoms with Gasteiger partial charge in [0.25, 0.3) is 0 Å². The standard InChI is InChI=1S/C27H27N3O4/c1-27-23-22(24(32)28(2)25(23)33)20(14-13-18-9-5-3-6-10-18)30(27)21(31)17-29(26(27)34)16-15-19-11-7-4-8-12-19/h3-14,20,22-23H,15-17H2,1-2H3/b14-13+/t20-,22+,23-,27-/m1/s1. The summed E-state index contributed by atoms with van der Waals surface area (Å²) < 4.78 is 0. The molecule has 0 spiro atoms. The molecule has 0 aromatic heterocycles. The average Bonchev–Trinajstić information content (AvgIpc) is 3.26. The predicted molar refractivity (Wildman–Crippen MR) is 126 cm³/mol. The van der Waals surface area contributed by atoms with E-state index in [0.29, 0.717) is 13.0 Å². The molecule has 2 aromatic carbocycles. The Kier molecular flexibility index (Phi) is 5.35. The number of rotatable bonds is 5. The van der Waals surface area contributed by atoms with Crippen molar-refractivity contribution in [1.29, 1.82) is 0 Å². The summed E-state index contributed by atoms with van der Waals surface area (Å²) >= 11 is 0. The van der Waals surface area contributed by atoms with Crippen LogP contribution in [0.5, 0.6) is 0 Å². The van der Waals surface area contributed by atoms with E-state index in [2.05, 4.69) is 0 Å². The second-order valence-electron chi connectivity index (χ2n) is 9.37. The van der Waals surface area contributed by atoms with E-state index < -0.39 is 29.3 Å². The minimum absolute atomic E-state index is 0.0609. The molecule has 7 nitrogen and oxygen atoms in total. The topological polar surface area (TPSA) is 78.0 Å². The van der Waals surface area contributed by atoms with Crippen LogP contribution in [-0.2, 0) is 25.6 Å². The first-order chi connectivity index (χ1) is 16.3. The molecule has 0 radical (unpaired) electrons. The Bertz CT molecular complexity index is 1180. The van der Waals surface area contributed by atoms with Crippen LogP contribution in [0.3, 0.4) is 0 Å². The average molecular weight is 458 g/mol. The lowest BCUT2D eigenvalue weighted by Gasteiger charge is -2.46. The number of piperazine rings is 1. The highest BCUT2D eigenvalue weighted by molar-refractivity contribution is 6.12. The van der Waals surface area contributed by atoms with E-state index >= 15 is 0 Å². The predicted octanol–water partition coefficient (Wildman–Crippen LogP) is 1.99. The van der Waals surface area contributed by atoms with Crippen molar-refractivity contribution in [2.24, 2.45) is 11.8 Å². The van der Waals surface area contributed by atoms with E-state index in [9.17, 15) is 19.2 Å². The minimum Gasteiger partial charge on any atom is -0.331 e. The largest absolute Gasteiger partial charge is 0.331 e. The molecule has 3 aliphatic heterocycles. The summed E-state index contributed by atoms with van der Waals surface area (Å²) in [5.41, 5.74) is 0.577. The number of carbonyl (C=O) groups excluding carboxylic acids is 4. The van der Waals surface area contributed by atoms with E-state index in [1.54, 1.807) is 17.9 Å². The zero-order chi connectivity index (χ0) is 24.0. The molecule has 3 aliphatic rings. The molecule has 0 saturated carbocycles. The van der Waals surface area contributed by atoms with Crippen LogP contribution in [0.25, 0.3) is 6.08 Å². The molecule has 0 N–H and O–H groups in total. The van der Waals surface area contributed by atoms with Crippen molar-refractivity contribution >= 4 is 29.7 Å². The van der Waals surface area contributed by atoms with Crippen molar-refractivity contribution in [3.8, 4) is 0 Å². The Balaban J connectivity index is 1.50. The van der Waals surface area contributed by atoms with Gasteiger partial charge in [-0.3, -0.25) is 24.1 Å². The molecule has 3 saturated heterocycles.